The van der Waals surface area contributed by atoms with Gasteiger partial charge in [-0.05, 0) is 6.92 Å². The van der Waals surface area contributed by atoms with Crippen LogP contribution >= 0.6 is 15.9 Å². The molecule has 11 heteroatoms. The second-order valence-corrected chi connectivity index (χ2v) is 6.12. The van der Waals surface area contributed by atoms with Crippen LogP contribution < -0.4 is 83.8 Å². The van der Waals surface area contributed by atoms with Crippen molar-refractivity contribution in [3.63, 3.8) is 0 Å². The summed E-state index contributed by atoms with van der Waals surface area (Å²) in [5.41, 5.74) is 0. The van der Waals surface area contributed by atoms with E-state index in [2.05, 4.69) is 0 Å². The zero-order chi connectivity index (χ0) is 9.50. The molecule has 0 saturated heterocycles. The molecule has 1 atom stereocenters. The molecule has 68 valence electrons. The Morgan fingerprint density at radius 2 is 1.23 bits per heavy atom. The molecule has 1 unspecified atom stereocenters. The number of hydrogen-bond acceptors (Lipinski definition) is 7. The standard InChI is InChI=1S/C2H7O7P2.2Na/c1-2(3,10(4,5)6)11(7,8)9;;/h1H3,(H2,4,5,6)(H2,7,8,9);;/q-1;2*+1/p-2. The molecule has 0 spiro atoms. The molecule has 0 aliphatic carbocycles. The minimum absolute atomic E-state index is 0. The fourth-order valence-electron chi connectivity index (χ4n) is 0.160. The molecule has 0 aromatic heterocycles. The van der Waals surface area contributed by atoms with Crippen molar-refractivity contribution in [3.8, 4) is 0 Å². The smallest absolute Gasteiger partial charge is 0.783 e. The van der Waals surface area contributed by atoms with E-state index in [0.717, 1.165) is 0 Å². The van der Waals surface area contributed by atoms with Gasteiger partial charge in [0.15, 0.2) is 5.08 Å². The molecule has 2 N–H and O–H groups in total. The molecule has 0 fully saturated rings. The zero-order valence-electron chi connectivity index (χ0n) is 7.33. The molecule has 0 heterocycles. The van der Waals surface area contributed by atoms with Gasteiger partial charge in [0.05, 0.1) is 0 Å². The summed E-state index contributed by atoms with van der Waals surface area (Å²) in [5, 5.41) is 6.73. The van der Waals surface area contributed by atoms with Crippen LogP contribution in [0.4, 0.5) is 0 Å². The summed E-state index contributed by atoms with van der Waals surface area (Å²) in [6.45, 7) is 0.147. The van der Waals surface area contributed by atoms with Crippen LogP contribution in [-0.4, -0.2) is 14.9 Å². The second kappa shape index (κ2) is 6.35. The minimum atomic E-state index is -5.81. The quantitative estimate of drug-likeness (QED) is 0.363. The van der Waals surface area contributed by atoms with Gasteiger partial charge in [-0.25, -0.2) is 9.79 Å². The van der Waals surface area contributed by atoms with Crippen LogP contribution in [0.1, 0.15) is 6.92 Å². The molecule has 13 heavy (non-hydrogen) atoms. The van der Waals surface area contributed by atoms with Crippen molar-refractivity contribution in [2.24, 2.45) is 0 Å². The molecule has 7 nitrogen and oxygen atoms in total. The van der Waals surface area contributed by atoms with Crippen LogP contribution in [0.5, 0.6) is 0 Å². The van der Waals surface area contributed by atoms with Crippen molar-refractivity contribution in [3.05, 3.63) is 0 Å². The maximum absolute atomic E-state index is 10.5. The van der Waals surface area contributed by atoms with Crippen molar-refractivity contribution in [1.29, 1.82) is 0 Å². The summed E-state index contributed by atoms with van der Waals surface area (Å²) in [5.74, 6) is 0. The fraction of sp³-hybridized carbons (Fsp3) is 1.00. The van der Waals surface area contributed by atoms with Crippen LogP contribution in [-0.2, 0) is 0 Å². The van der Waals surface area contributed by atoms with E-state index in [9.17, 15) is 24.7 Å². The molecule has 0 aromatic carbocycles. The first-order valence-electron chi connectivity index (χ1n) is 2.28. The minimum Gasteiger partial charge on any atom is -0.783 e. The van der Waals surface area contributed by atoms with Gasteiger partial charge in [-0.3, -0.25) is 0 Å². The molecule has 0 bridgehead atoms. The van der Waals surface area contributed by atoms with E-state index < -0.39 is 21.0 Å². The first-order valence-corrected chi connectivity index (χ1v) is 5.44. The predicted molar refractivity (Wildman–Crippen MR) is 26.7 cm³/mol. The summed E-state index contributed by atoms with van der Waals surface area (Å²) < 4.78 is 0. The van der Waals surface area contributed by atoms with Gasteiger partial charge >= 0.3 is 59.1 Å². The average molecular weight is 249 g/mol. The first kappa shape index (κ1) is 20.9. The van der Waals surface area contributed by atoms with Gasteiger partial charge in [0.1, 0.15) is 0 Å². The van der Waals surface area contributed by atoms with Gasteiger partial charge in [0.2, 0.25) is 0 Å². The molecule has 0 radical (unpaired) electrons. The van der Waals surface area contributed by atoms with E-state index in [1.54, 1.807) is 0 Å². The van der Waals surface area contributed by atoms with Crippen molar-refractivity contribution in [2.75, 3.05) is 0 Å². The number of rotatable bonds is 2. The topological polar surface area (TPSA) is 156 Å². The van der Waals surface area contributed by atoms with Gasteiger partial charge in [0, 0.05) is 0 Å². The molecule has 0 rings (SSSR count). The van der Waals surface area contributed by atoms with Crippen molar-refractivity contribution < 1.29 is 93.6 Å². The predicted octanol–water partition coefficient (Wildman–Crippen LogP) is -11.0. The maximum atomic E-state index is 10.5. The van der Waals surface area contributed by atoms with Crippen molar-refractivity contribution >= 4 is 15.9 Å². The van der Waals surface area contributed by atoms with Gasteiger partial charge in [-0.2, -0.15) is 0 Å². The van der Waals surface area contributed by atoms with E-state index in [1.807, 2.05) is 0 Å². The van der Waals surface area contributed by atoms with Crippen LogP contribution in [0.25, 0.3) is 0 Å². The average Bonchev–Trinajstić information content (AvgIpc) is 1.58. The first-order chi connectivity index (χ1) is 4.50. The van der Waals surface area contributed by atoms with Gasteiger partial charge < -0.3 is 24.7 Å². The maximum Gasteiger partial charge on any atom is 1.00 e. The van der Waals surface area contributed by atoms with E-state index in [-0.39, 0.29) is 66.0 Å². The van der Waals surface area contributed by atoms with Crippen molar-refractivity contribution in [2.45, 2.75) is 12.0 Å². The van der Waals surface area contributed by atoms with E-state index >= 15 is 0 Å². The van der Waals surface area contributed by atoms with Gasteiger partial charge in [0.25, 0.3) is 7.94 Å². The normalized spacial score (nSPS) is 16.6. The molecular weight excluding hydrogens is 244 g/mol. The third-order valence-electron chi connectivity index (χ3n) is 1.05. The van der Waals surface area contributed by atoms with Crippen LogP contribution in [0.2, 0.25) is 0 Å². The Bertz CT molecular complexity index is 134. The Hall–Kier alpha value is 2.58. The summed E-state index contributed by atoms with van der Waals surface area (Å²) in [6, 6.07) is 0. The third kappa shape index (κ3) is 5.45. The molecule has 0 amide bonds. The van der Waals surface area contributed by atoms with Crippen molar-refractivity contribution in [1.82, 2.24) is 0 Å². The van der Waals surface area contributed by atoms with Gasteiger partial charge in [-0.15, -0.1) is 7.94 Å². The second-order valence-electron chi connectivity index (χ2n) is 1.98. The Morgan fingerprint density at radius 3 is 1.23 bits per heavy atom. The number of hydrogen-bond donors (Lipinski definition) is 2. The monoisotopic (exact) mass is 249 g/mol. The third-order valence-corrected chi connectivity index (χ3v) is 4.66. The van der Waals surface area contributed by atoms with E-state index in [0.29, 0.717) is 0 Å². The summed E-state index contributed by atoms with van der Waals surface area (Å²) in [6.07, 6.45) is 0. The molecule has 0 saturated carbocycles. The Kier molecular flexibility index (Phi) is 10.2. The van der Waals surface area contributed by atoms with E-state index in [1.165, 1.54) is 0 Å². The fourth-order valence-corrected chi connectivity index (χ4v) is 1.44. The molecule has 0 aliphatic rings. The SMILES string of the molecule is CC([O-])([P+]([O-])([O-])[O-])[P+]([O-])(O)O.[Na+].[Na+]. The summed E-state index contributed by atoms with van der Waals surface area (Å²) in [7, 11) is -11.2. The van der Waals surface area contributed by atoms with E-state index in [4.69, 9.17) is 9.79 Å². The molecule has 0 aliphatic heterocycles. The molecule has 0 aromatic rings. The van der Waals surface area contributed by atoms with Crippen LogP contribution in [0, 0.1) is 0 Å². The Morgan fingerprint density at radius 1 is 1.00 bits per heavy atom. The molecular formula is C2H5Na2O7P2-. The Labute approximate surface area is 120 Å². The zero-order valence-corrected chi connectivity index (χ0v) is 13.1. The van der Waals surface area contributed by atoms with Crippen LogP contribution in [0.15, 0.2) is 0 Å². The summed E-state index contributed by atoms with van der Waals surface area (Å²) >= 11 is 0. The van der Waals surface area contributed by atoms with Crippen LogP contribution in [0.3, 0.4) is 0 Å². The largest absolute Gasteiger partial charge is 1.00 e. The van der Waals surface area contributed by atoms with Gasteiger partial charge in [-0.1, -0.05) is 0 Å². The Balaban J connectivity index is -0.000000500. The summed E-state index contributed by atoms with van der Waals surface area (Å²) in [4.78, 5) is 56.2.